The number of hydrogen-bond donors (Lipinski definition) is 1. The highest BCUT2D eigenvalue weighted by Crippen LogP contribution is 2.32. The Bertz CT molecular complexity index is 329. The lowest BCUT2D eigenvalue weighted by atomic mass is 10.1. The molecular formula is C9H12F2N2O. The van der Waals surface area contributed by atoms with Gasteiger partial charge in [0, 0.05) is 24.0 Å². The summed E-state index contributed by atoms with van der Waals surface area (Å²) in [5.74, 6) is 0.148. The van der Waals surface area contributed by atoms with Gasteiger partial charge in [0.2, 0.25) is 0 Å². The Morgan fingerprint density at radius 3 is 2.64 bits per heavy atom. The number of alkyl halides is 2. The topological polar surface area (TPSA) is 48.1 Å². The van der Waals surface area contributed by atoms with Crippen LogP contribution in [0, 0.1) is 6.92 Å². The van der Waals surface area contributed by atoms with E-state index in [2.05, 4.69) is 4.98 Å². The highest BCUT2D eigenvalue weighted by atomic mass is 19.3. The zero-order valence-corrected chi connectivity index (χ0v) is 8.05. The predicted octanol–water partition coefficient (Wildman–Crippen LogP) is 1.79. The van der Waals surface area contributed by atoms with Crippen LogP contribution in [0.1, 0.15) is 23.2 Å². The van der Waals surface area contributed by atoms with Gasteiger partial charge in [0.15, 0.2) is 0 Å². The zero-order chi connectivity index (χ0) is 10.7. The predicted molar refractivity (Wildman–Crippen MR) is 48.4 cm³/mol. The fourth-order valence-corrected chi connectivity index (χ4v) is 1.28. The van der Waals surface area contributed by atoms with Crippen LogP contribution in [0.25, 0.3) is 0 Å². The van der Waals surface area contributed by atoms with E-state index in [1.807, 2.05) is 0 Å². The number of pyridine rings is 1. The Morgan fingerprint density at radius 1 is 1.57 bits per heavy atom. The van der Waals surface area contributed by atoms with Crippen molar-refractivity contribution >= 4 is 0 Å². The van der Waals surface area contributed by atoms with E-state index >= 15 is 0 Å². The van der Waals surface area contributed by atoms with Gasteiger partial charge in [-0.25, -0.2) is 8.78 Å². The molecule has 5 heteroatoms. The van der Waals surface area contributed by atoms with Crippen molar-refractivity contribution in [2.75, 3.05) is 7.11 Å². The lowest BCUT2D eigenvalue weighted by Crippen LogP contribution is -2.07. The number of halogens is 2. The maximum absolute atomic E-state index is 12.5. The van der Waals surface area contributed by atoms with Crippen LogP contribution in [0.2, 0.25) is 0 Å². The van der Waals surface area contributed by atoms with Crippen LogP contribution in [-0.2, 0) is 6.54 Å². The molecule has 0 spiro atoms. The number of aryl methyl sites for hydroxylation is 1. The monoisotopic (exact) mass is 202 g/mol. The van der Waals surface area contributed by atoms with E-state index in [-0.39, 0.29) is 17.9 Å². The fourth-order valence-electron chi connectivity index (χ4n) is 1.28. The van der Waals surface area contributed by atoms with Gasteiger partial charge in [-0.1, -0.05) is 0 Å². The lowest BCUT2D eigenvalue weighted by molar-refractivity contribution is 0.146. The van der Waals surface area contributed by atoms with Gasteiger partial charge in [0.05, 0.1) is 12.7 Å². The van der Waals surface area contributed by atoms with E-state index in [1.165, 1.54) is 7.11 Å². The van der Waals surface area contributed by atoms with Crippen LogP contribution in [0.4, 0.5) is 8.78 Å². The van der Waals surface area contributed by atoms with Crippen molar-refractivity contribution in [3.63, 3.8) is 0 Å². The maximum Gasteiger partial charge on any atom is 0.268 e. The van der Waals surface area contributed by atoms with Gasteiger partial charge in [-0.3, -0.25) is 4.98 Å². The van der Waals surface area contributed by atoms with Gasteiger partial charge in [-0.2, -0.15) is 0 Å². The van der Waals surface area contributed by atoms with Crippen molar-refractivity contribution in [3.05, 3.63) is 23.0 Å². The van der Waals surface area contributed by atoms with Crippen LogP contribution in [0.5, 0.6) is 5.75 Å². The van der Waals surface area contributed by atoms with E-state index < -0.39 is 6.43 Å². The van der Waals surface area contributed by atoms with E-state index in [4.69, 9.17) is 10.5 Å². The molecule has 0 aliphatic carbocycles. The van der Waals surface area contributed by atoms with Crippen molar-refractivity contribution in [2.24, 2.45) is 5.73 Å². The van der Waals surface area contributed by atoms with Crippen LogP contribution in [0.15, 0.2) is 6.20 Å². The summed E-state index contributed by atoms with van der Waals surface area (Å²) in [5, 5.41) is 0. The van der Waals surface area contributed by atoms with Crippen LogP contribution in [-0.4, -0.2) is 12.1 Å². The van der Waals surface area contributed by atoms with E-state index in [0.29, 0.717) is 11.3 Å². The van der Waals surface area contributed by atoms with E-state index in [1.54, 1.807) is 6.92 Å². The fraction of sp³-hybridized carbons (Fsp3) is 0.444. The van der Waals surface area contributed by atoms with Gasteiger partial charge < -0.3 is 10.5 Å². The first-order chi connectivity index (χ1) is 6.61. The first-order valence-electron chi connectivity index (χ1n) is 4.12. The molecule has 0 bridgehead atoms. The molecule has 1 aromatic heterocycles. The van der Waals surface area contributed by atoms with Crippen molar-refractivity contribution in [1.82, 2.24) is 4.98 Å². The number of aromatic nitrogens is 1. The third kappa shape index (κ3) is 1.82. The second-order valence-corrected chi connectivity index (χ2v) is 2.82. The molecule has 78 valence electrons. The lowest BCUT2D eigenvalue weighted by Gasteiger charge is -2.13. The summed E-state index contributed by atoms with van der Waals surface area (Å²) in [5.41, 5.74) is 6.37. The molecule has 0 aromatic carbocycles. The Labute approximate surface area is 80.9 Å². The van der Waals surface area contributed by atoms with Crippen molar-refractivity contribution in [2.45, 2.75) is 19.9 Å². The minimum absolute atomic E-state index is 0.141. The first kappa shape index (κ1) is 10.8. The summed E-state index contributed by atoms with van der Waals surface area (Å²) in [6, 6.07) is 0. The largest absolute Gasteiger partial charge is 0.496 e. The SMILES string of the molecule is COc1c(C(F)F)cnc(C)c1CN. The summed E-state index contributed by atoms with van der Waals surface area (Å²) in [4.78, 5) is 3.84. The standard InChI is InChI=1S/C9H12F2N2O/c1-5-6(3-12)8(14-2)7(4-13-5)9(10)11/h4,9H,3,12H2,1-2H3. The molecule has 1 aromatic rings. The molecule has 1 rings (SSSR count). The highest BCUT2D eigenvalue weighted by Gasteiger charge is 2.18. The first-order valence-corrected chi connectivity index (χ1v) is 4.12. The molecule has 0 radical (unpaired) electrons. The van der Waals surface area contributed by atoms with Crippen LogP contribution >= 0.6 is 0 Å². The summed E-state index contributed by atoms with van der Waals surface area (Å²) < 4.78 is 29.9. The minimum Gasteiger partial charge on any atom is -0.496 e. The van der Waals surface area contributed by atoms with Gasteiger partial charge >= 0.3 is 0 Å². The molecule has 14 heavy (non-hydrogen) atoms. The minimum atomic E-state index is -2.59. The average molecular weight is 202 g/mol. The molecule has 0 aliphatic heterocycles. The molecule has 0 saturated carbocycles. The van der Waals surface area contributed by atoms with Crippen molar-refractivity contribution in [3.8, 4) is 5.75 Å². The molecule has 0 amide bonds. The second-order valence-electron chi connectivity index (χ2n) is 2.82. The number of rotatable bonds is 3. The molecule has 0 fully saturated rings. The summed E-state index contributed by atoms with van der Waals surface area (Å²) in [6.45, 7) is 1.85. The third-order valence-electron chi connectivity index (χ3n) is 2.01. The Balaban J connectivity index is 3.33. The Hall–Kier alpha value is -1.23. The van der Waals surface area contributed by atoms with Gasteiger partial charge in [-0.15, -0.1) is 0 Å². The van der Waals surface area contributed by atoms with E-state index in [0.717, 1.165) is 6.20 Å². The smallest absolute Gasteiger partial charge is 0.268 e. The molecule has 1 heterocycles. The molecule has 3 nitrogen and oxygen atoms in total. The summed E-state index contributed by atoms with van der Waals surface area (Å²) in [7, 11) is 1.35. The molecular weight excluding hydrogens is 190 g/mol. The number of ether oxygens (including phenoxy) is 1. The molecule has 2 N–H and O–H groups in total. The highest BCUT2D eigenvalue weighted by molar-refractivity contribution is 5.42. The molecule has 0 atom stereocenters. The second kappa shape index (κ2) is 4.32. The van der Waals surface area contributed by atoms with Crippen LogP contribution in [0.3, 0.4) is 0 Å². The molecule has 0 aliphatic rings. The molecule has 0 unspecified atom stereocenters. The number of hydrogen-bond acceptors (Lipinski definition) is 3. The van der Waals surface area contributed by atoms with Crippen molar-refractivity contribution < 1.29 is 13.5 Å². The van der Waals surface area contributed by atoms with E-state index in [9.17, 15) is 8.78 Å². The number of nitrogens with two attached hydrogens (primary N) is 1. The van der Waals surface area contributed by atoms with Gasteiger partial charge in [0.1, 0.15) is 5.75 Å². The Morgan fingerprint density at radius 2 is 2.21 bits per heavy atom. The number of methoxy groups -OCH3 is 1. The summed E-state index contributed by atoms with van der Waals surface area (Å²) >= 11 is 0. The maximum atomic E-state index is 12.5. The zero-order valence-electron chi connectivity index (χ0n) is 8.05. The number of nitrogens with zero attached hydrogens (tertiary/aromatic N) is 1. The third-order valence-corrected chi connectivity index (χ3v) is 2.01. The summed E-state index contributed by atoms with van der Waals surface area (Å²) in [6.07, 6.45) is -1.47. The molecule has 0 saturated heterocycles. The Kier molecular flexibility index (Phi) is 3.35. The quantitative estimate of drug-likeness (QED) is 0.812. The van der Waals surface area contributed by atoms with Crippen molar-refractivity contribution in [1.29, 1.82) is 0 Å². The average Bonchev–Trinajstić information content (AvgIpc) is 2.16. The van der Waals surface area contributed by atoms with Gasteiger partial charge in [-0.05, 0) is 6.92 Å². The van der Waals surface area contributed by atoms with Gasteiger partial charge in [0.25, 0.3) is 6.43 Å². The van der Waals surface area contributed by atoms with Crippen LogP contribution < -0.4 is 10.5 Å². The normalized spacial score (nSPS) is 10.7.